The number of hydrogen-bond donors (Lipinski definition) is 1. The number of carbonyl (C=O) groups is 2. The highest BCUT2D eigenvalue weighted by molar-refractivity contribution is 5.92. The van der Waals surface area contributed by atoms with Crippen molar-refractivity contribution in [2.24, 2.45) is 0 Å². The third-order valence-electron chi connectivity index (χ3n) is 2.57. The van der Waals surface area contributed by atoms with E-state index in [1.54, 1.807) is 0 Å². The van der Waals surface area contributed by atoms with Gasteiger partial charge in [0.2, 0.25) is 0 Å². The molecule has 0 spiro atoms. The summed E-state index contributed by atoms with van der Waals surface area (Å²) in [5.74, 6) is -1.72. The molecule has 0 aromatic heterocycles. The number of carboxylic acids is 1. The zero-order valence-corrected chi connectivity index (χ0v) is 10.5. The normalized spacial score (nSPS) is 10.0. The number of rotatable bonds is 5. The smallest absolute Gasteiger partial charge is 0.373 e. The molecule has 5 heteroatoms. The van der Waals surface area contributed by atoms with Crippen molar-refractivity contribution in [1.29, 1.82) is 0 Å². The van der Waals surface area contributed by atoms with Crippen LogP contribution in [0, 0.1) is 0 Å². The average Bonchev–Trinajstić information content (AvgIpc) is 2.48. The first-order valence-corrected chi connectivity index (χ1v) is 5.88. The van der Waals surface area contributed by atoms with Crippen molar-refractivity contribution in [3.05, 3.63) is 71.3 Å². The molecular formula is C15H12O5. The van der Waals surface area contributed by atoms with Gasteiger partial charge < -0.3 is 5.11 Å². The molecule has 0 saturated heterocycles. The lowest BCUT2D eigenvalue weighted by Gasteiger charge is -2.04. The van der Waals surface area contributed by atoms with Gasteiger partial charge in [0.05, 0.1) is 11.1 Å². The van der Waals surface area contributed by atoms with Crippen LogP contribution in [0.15, 0.2) is 54.6 Å². The number of hydrogen-bond acceptors (Lipinski definition) is 4. The van der Waals surface area contributed by atoms with Gasteiger partial charge in [-0.1, -0.05) is 30.3 Å². The lowest BCUT2D eigenvalue weighted by Crippen LogP contribution is -2.07. The molecule has 0 heterocycles. The Bertz CT molecular complexity index is 589. The Hall–Kier alpha value is -2.66. The molecule has 2 aromatic rings. The highest BCUT2D eigenvalue weighted by Crippen LogP contribution is 2.07. The van der Waals surface area contributed by atoms with E-state index < -0.39 is 11.9 Å². The van der Waals surface area contributed by atoms with Crippen LogP contribution in [0.25, 0.3) is 0 Å². The summed E-state index contributed by atoms with van der Waals surface area (Å²) in [7, 11) is 0. The van der Waals surface area contributed by atoms with E-state index in [1.807, 2.05) is 30.3 Å². The second-order valence-electron chi connectivity index (χ2n) is 4.00. The lowest BCUT2D eigenvalue weighted by atomic mass is 10.1. The van der Waals surface area contributed by atoms with Gasteiger partial charge in [-0.3, -0.25) is 4.89 Å². The van der Waals surface area contributed by atoms with Gasteiger partial charge in [0.15, 0.2) is 0 Å². The molecule has 20 heavy (non-hydrogen) atoms. The third kappa shape index (κ3) is 3.66. The summed E-state index contributed by atoms with van der Waals surface area (Å²) in [5, 5.41) is 8.74. The zero-order chi connectivity index (χ0) is 14.4. The monoisotopic (exact) mass is 272 g/mol. The van der Waals surface area contributed by atoms with Crippen LogP contribution in [0.5, 0.6) is 0 Å². The van der Waals surface area contributed by atoms with Gasteiger partial charge in [0, 0.05) is 0 Å². The van der Waals surface area contributed by atoms with Crippen molar-refractivity contribution < 1.29 is 24.5 Å². The topological polar surface area (TPSA) is 72.8 Å². The van der Waals surface area contributed by atoms with Crippen LogP contribution < -0.4 is 0 Å². The van der Waals surface area contributed by atoms with Crippen molar-refractivity contribution >= 4 is 11.9 Å². The Balaban J connectivity index is 1.87. The molecule has 5 nitrogen and oxygen atoms in total. The van der Waals surface area contributed by atoms with Crippen molar-refractivity contribution in [1.82, 2.24) is 0 Å². The van der Waals surface area contributed by atoms with Crippen molar-refractivity contribution in [2.45, 2.75) is 6.61 Å². The minimum Gasteiger partial charge on any atom is -0.478 e. The fraction of sp³-hybridized carbons (Fsp3) is 0.0667. The first-order valence-electron chi connectivity index (χ1n) is 5.88. The Morgan fingerprint density at radius 3 is 2.10 bits per heavy atom. The van der Waals surface area contributed by atoms with E-state index in [-0.39, 0.29) is 17.7 Å². The molecule has 0 amide bonds. The van der Waals surface area contributed by atoms with Crippen LogP contribution in [0.2, 0.25) is 0 Å². The molecule has 0 saturated carbocycles. The summed E-state index contributed by atoms with van der Waals surface area (Å²) < 4.78 is 0. The maximum Gasteiger partial charge on any atom is 0.373 e. The molecule has 0 aliphatic carbocycles. The first-order chi connectivity index (χ1) is 9.66. The SMILES string of the molecule is O=C(O)c1ccc(C(=O)OOCc2ccccc2)cc1. The van der Waals surface area contributed by atoms with Crippen LogP contribution >= 0.6 is 0 Å². The van der Waals surface area contributed by atoms with Crippen LogP contribution in [-0.2, 0) is 16.4 Å². The average molecular weight is 272 g/mol. The lowest BCUT2D eigenvalue weighted by molar-refractivity contribution is -0.250. The Morgan fingerprint density at radius 2 is 1.50 bits per heavy atom. The van der Waals surface area contributed by atoms with Gasteiger partial charge in [-0.25, -0.2) is 9.59 Å². The molecule has 0 aliphatic rings. The van der Waals surface area contributed by atoms with E-state index >= 15 is 0 Å². The van der Waals surface area contributed by atoms with Gasteiger partial charge in [-0.2, -0.15) is 4.89 Å². The fourth-order valence-corrected chi connectivity index (χ4v) is 1.52. The molecule has 0 bridgehead atoms. The highest BCUT2D eigenvalue weighted by Gasteiger charge is 2.10. The van der Waals surface area contributed by atoms with Gasteiger partial charge >= 0.3 is 11.9 Å². The standard InChI is InChI=1S/C15H12O5/c16-14(17)12-6-8-13(9-7-12)15(18)20-19-10-11-4-2-1-3-5-11/h1-9H,10H2,(H,16,17). The Morgan fingerprint density at radius 1 is 0.900 bits per heavy atom. The van der Waals surface area contributed by atoms with E-state index in [4.69, 9.17) is 9.99 Å². The van der Waals surface area contributed by atoms with Gasteiger partial charge in [0.25, 0.3) is 0 Å². The van der Waals surface area contributed by atoms with Crippen LogP contribution in [0.4, 0.5) is 0 Å². The summed E-state index contributed by atoms with van der Waals surface area (Å²) in [5.41, 5.74) is 1.20. The maximum absolute atomic E-state index is 11.6. The fourth-order valence-electron chi connectivity index (χ4n) is 1.52. The van der Waals surface area contributed by atoms with Crippen molar-refractivity contribution in [2.75, 3.05) is 0 Å². The van der Waals surface area contributed by atoms with Gasteiger partial charge in [0.1, 0.15) is 6.61 Å². The Labute approximate surface area is 115 Å². The van der Waals surface area contributed by atoms with Crippen molar-refractivity contribution in [3.63, 3.8) is 0 Å². The Kier molecular flexibility index (Phi) is 4.47. The van der Waals surface area contributed by atoms with E-state index in [2.05, 4.69) is 4.89 Å². The van der Waals surface area contributed by atoms with E-state index in [9.17, 15) is 9.59 Å². The zero-order valence-electron chi connectivity index (χ0n) is 10.5. The highest BCUT2D eigenvalue weighted by atomic mass is 17.2. The molecular weight excluding hydrogens is 260 g/mol. The molecule has 0 fully saturated rings. The summed E-state index contributed by atoms with van der Waals surface area (Å²) in [6.07, 6.45) is 0. The van der Waals surface area contributed by atoms with Crippen LogP contribution in [-0.4, -0.2) is 17.0 Å². The minimum absolute atomic E-state index is 0.103. The van der Waals surface area contributed by atoms with Crippen LogP contribution in [0.1, 0.15) is 26.3 Å². The third-order valence-corrected chi connectivity index (χ3v) is 2.57. The molecule has 2 aromatic carbocycles. The van der Waals surface area contributed by atoms with E-state index in [0.717, 1.165) is 5.56 Å². The second-order valence-corrected chi connectivity index (χ2v) is 4.00. The second kappa shape index (κ2) is 6.49. The van der Waals surface area contributed by atoms with Crippen molar-refractivity contribution in [3.8, 4) is 0 Å². The van der Waals surface area contributed by atoms with E-state index in [0.29, 0.717) is 0 Å². The maximum atomic E-state index is 11.6. The van der Waals surface area contributed by atoms with Crippen LogP contribution in [0.3, 0.4) is 0 Å². The quantitative estimate of drug-likeness (QED) is 0.669. The summed E-state index contributed by atoms with van der Waals surface area (Å²) in [6.45, 7) is 0.153. The number of aromatic carboxylic acids is 1. The molecule has 1 N–H and O–H groups in total. The van der Waals surface area contributed by atoms with Gasteiger partial charge in [-0.05, 0) is 29.8 Å². The summed E-state index contributed by atoms with van der Waals surface area (Å²) in [4.78, 5) is 31.8. The van der Waals surface area contributed by atoms with E-state index in [1.165, 1.54) is 24.3 Å². The number of benzene rings is 2. The predicted molar refractivity (Wildman–Crippen MR) is 70.0 cm³/mol. The largest absolute Gasteiger partial charge is 0.478 e. The first kappa shape index (κ1) is 13.8. The summed E-state index contributed by atoms with van der Waals surface area (Å²) in [6, 6.07) is 14.7. The van der Waals surface area contributed by atoms with Gasteiger partial charge in [-0.15, -0.1) is 0 Å². The predicted octanol–water partition coefficient (Wildman–Crippen LogP) is 2.67. The summed E-state index contributed by atoms with van der Waals surface area (Å²) >= 11 is 0. The number of carboxylic acid groups (broad SMARTS) is 1. The minimum atomic E-state index is -1.05. The molecule has 102 valence electrons. The molecule has 0 radical (unpaired) electrons. The molecule has 0 unspecified atom stereocenters. The molecule has 2 rings (SSSR count). The molecule has 0 aliphatic heterocycles. The molecule has 0 atom stereocenters. The number of carbonyl (C=O) groups excluding carboxylic acids is 1.